The minimum absolute atomic E-state index is 0.0994. The highest BCUT2D eigenvalue weighted by molar-refractivity contribution is 7.85. The third-order valence-corrected chi connectivity index (χ3v) is 4.97. The molecule has 0 aliphatic rings. The lowest BCUT2D eigenvalue weighted by Gasteiger charge is -2.12. The minimum Gasteiger partial charge on any atom is -0.494 e. The van der Waals surface area contributed by atoms with Gasteiger partial charge in [-0.25, -0.2) is 0 Å². The Hall–Kier alpha value is -2.17. The van der Waals surface area contributed by atoms with Crippen LogP contribution in [0.25, 0.3) is 0 Å². The van der Waals surface area contributed by atoms with E-state index >= 15 is 0 Å². The van der Waals surface area contributed by atoms with E-state index in [0.29, 0.717) is 13.0 Å². The summed E-state index contributed by atoms with van der Waals surface area (Å²) in [6, 6.07) is 2.58. The zero-order valence-electron chi connectivity index (χ0n) is 16.4. The summed E-state index contributed by atoms with van der Waals surface area (Å²) in [4.78, 5) is 23.3. The molecular formula is C18H29N3O6S. The number of aryl methyl sites for hydroxylation is 2. The van der Waals surface area contributed by atoms with Crippen LogP contribution in [0.15, 0.2) is 12.1 Å². The van der Waals surface area contributed by atoms with Crippen molar-refractivity contribution in [3.63, 3.8) is 0 Å². The average molecular weight is 416 g/mol. The van der Waals surface area contributed by atoms with Gasteiger partial charge >= 0.3 is 0 Å². The normalized spacial score (nSPS) is 12.3. The summed E-state index contributed by atoms with van der Waals surface area (Å²) in [5, 5.41) is 5.02. The largest absolute Gasteiger partial charge is 0.494 e. The zero-order valence-corrected chi connectivity index (χ0v) is 17.3. The summed E-state index contributed by atoms with van der Waals surface area (Å²) in [5.41, 5.74) is 8.90. The summed E-state index contributed by atoms with van der Waals surface area (Å²) in [6.07, 6.45) is 0.823. The Kier molecular flexibility index (Phi) is 9.36. The SMILES string of the molecule is Cc1cc(OCCCC(=O)NCCNC(=O)C(N)CS(=O)(=O)O)cc(C)c1C. The number of ether oxygens (including phenoxy) is 1. The summed E-state index contributed by atoms with van der Waals surface area (Å²) < 4.78 is 35.6. The fourth-order valence-corrected chi connectivity index (χ4v) is 3.02. The van der Waals surface area contributed by atoms with Crippen molar-refractivity contribution in [2.24, 2.45) is 5.73 Å². The van der Waals surface area contributed by atoms with E-state index in [1.807, 2.05) is 26.0 Å². The standard InChI is InChI=1S/C18H29N3O6S/c1-12-9-15(10-13(2)14(12)3)27-8-4-5-17(22)20-6-7-21-18(23)16(19)11-28(24,25)26/h9-10,16H,4-8,11,19H2,1-3H3,(H,20,22)(H,21,23)(H,24,25,26). The second-order valence-corrected chi connectivity index (χ2v) is 8.13. The van der Waals surface area contributed by atoms with Gasteiger partial charge in [0.15, 0.2) is 0 Å². The first-order chi connectivity index (χ1) is 13.0. The van der Waals surface area contributed by atoms with Gasteiger partial charge in [0.1, 0.15) is 11.8 Å². The van der Waals surface area contributed by atoms with Crippen molar-refractivity contribution in [2.45, 2.75) is 39.7 Å². The number of carbonyl (C=O) groups excluding carboxylic acids is 2. The number of nitrogens with two attached hydrogens (primary N) is 1. The lowest BCUT2D eigenvalue weighted by molar-refractivity contribution is -0.123. The molecule has 0 fully saturated rings. The molecule has 1 aromatic rings. The Morgan fingerprint density at radius 1 is 1.14 bits per heavy atom. The predicted molar refractivity (Wildman–Crippen MR) is 106 cm³/mol. The lowest BCUT2D eigenvalue weighted by atomic mass is 10.0. The van der Waals surface area contributed by atoms with Crippen LogP contribution in [0, 0.1) is 20.8 Å². The van der Waals surface area contributed by atoms with Gasteiger partial charge in [-0.15, -0.1) is 0 Å². The molecule has 10 heteroatoms. The molecule has 1 rings (SSSR count). The van der Waals surface area contributed by atoms with Crippen LogP contribution in [0.2, 0.25) is 0 Å². The Morgan fingerprint density at radius 3 is 2.29 bits per heavy atom. The van der Waals surface area contributed by atoms with Crippen LogP contribution in [0.5, 0.6) is 5.75 Å². The molecule has 0 saturated carbocycles. The second-order valence-electron chi connectivity index (χ2n) is 6.63. The molecule has 1 unspecified atom stereocenters. The monoisotopic (exact) mass is 415 g/mol. The van der Waals surface area contributed by atoms with Gasteiger partial charge in [0, 0.05) is 19.5 Å². The van der Waals surface area contributed by atoms with Crippen molar-refractivity contribution in [3.8, 4) is 5.75 Å². The molecule has 1 atom stereocenters. The van der Waals surface area contributed by atoms with Gasteiger partial charge in [-0.3, -0.25) is 14.1 Å². The van der Waals surface area contributed by atoms with Gasteiger partial charge in [0.05, 0.1) is 12.4 Å². The summed E-state index contributed by atoms with van der Waals surface area (Å²) in [5.74, 6) is -0.976. The number of rotatable bonds is 11. The molecule has 0 aliphatic heterocycles. The minimum atomic E-state index is -4.32. The summed E-state index contributed by atoms with van der Waals surface area (Å²) in [6.45, 7) is 6.80. The van der Waals surface area contributed by atoms with E-state index in [-0.39, 0.29) is 25.4 Å². The molecule has 0 saturated heterocycles. The molecule has 0 aliphatic carbocycles. The van der Waals surface area contributed by atoms with Gasteiger partial charge in [-0.05, 0) is 56.0 Å². The topological polar surface area (TPSA) is 148 Å². The van der Waals surface area contributed by atoms with Crippen molar-refractivity contribution in [3.05, 3.63) is 28.8 Å². The maximum absolute atomic E-state index is 11.8. The first-order valence-electron chi connectivity index (χ1n) is 8.95. The van der Waals surface area contributed by atoms with Crippen molar-refractivity contribution in [1.29, 1.82) is 0 Å². The van der Waals surface area contributed by atoms with Gasteiger partial charge in [0.25, 0.3) is 10.1 Å². The molecule has 158 valence electrons. The fourth-order valence-electron chi connectivity index (χ4n) is 2.41. The third kappa shape index (κ3) is 9.16. The Balaban J connectivity index is 2.18. The van der Waals surface area contributed by atoms with Crippen LogP contribution in [-0.2, 0) is 19.7 Å². The van der Waals surface area contributed by atoms with Gasteiger partial charge in [-0.1, -0.05) is 0 Å². The lowest BCUT2D eigenvalue weighted by Crippen LogP contribution is -2.46. The molecule has 2 amide bonds. The molecule has 5 N–H and O–H groups in total. The van der Waals surface area contributed by atoms with Crippen molar-refractivity contribution in [1.82, 2.24) is 10.6 Å². The summed E-state index contributed by atoms with van der Waals surface area (Å²) >= 11 is 0. The Morgan fingerprint density at radius 2 is 1.71 bits per heavy atom. The van der Waals surface area contributed by atoms with E-state index in [2.05, 4.69) is 17.6 Å². The van der Waals surface area contributed by atoms with E-state index < -0.39 is 27.8 Å². The molecule has 0 bridgehead atoms. The van der Waals surface area contributed by atoms with E-state index in [0.717, 1.165) is 16.9 Å². The molecule has 28 heavy (non-hydrogen) atoms. The van der Waals surface area contributed by atoms with Crippen LogP contribution in [0.4, 0.5) is 0 Å². The van der Waals surface area contributed by atoms with Crippen LogP contribution < -0.4 is 21.1 Å². The van der Waals surface area contributed by atoms with Gasteiger partial charge < -0.3 is 21.1 Å². The van der Waals surface area contributed by atoms with Crippen molar-refractivity contribution in [2.75, 3.05) is 25.4 Å². The zero-order chi connectivity index (χ0) is 21.3. The van der Waals surface area contributed by atoms with Crippen LogP contribution >= 0.6 is 0 Å². The first-order valence-corrected chi connectivity index (χ1v) is 10.6. The highest BCUT2D eigenvalue weighted by Gasteiger charge is 2.19. The number of carbonyl (C=O) groups is 2. The highest BCUT2D eigenvalue weighted by atomic mass is 32.2. The number of hydrogen-bond acceptors (Lipinski definition) is 6. The third-order valence-electron chi connectivity index (χ3n) is 4.19. The second kappa shape index (κ2) is 11.0. The number of amides is 2. The number of hydrogen-bond donors (Lipinski definition) is 4. The smallest absolute Gasteiger partial charge is 0.266 e. The molecule has 0 radical (unpaired) electrons. The predicted octanol–water partition coefficient (Wildman–Crippen LogP) is 0.218. The maximum Gasteiger partial charge on any atom is 0.266 e. The maximum atomic E-state index is 11.8. The molecule has 9 nitrogen and oxygen atoms in total. The first kappa shape index (κ1) is 23.9. The van der Waals surface area contributed by atoms with Crippen molar-refractivity contribution >= 4 is 21.9 Å². The van der Waals surface area contributed by atoms with E-state index in [1.54, 1.807) is 0 Å². The van der Waals surface area contributed by atoms with E-state index in [4.69, 9.17) is 15.0 Å². The van der Waals surface area contributed by atoms with E-state index in [1.165, 1.54) is 5.56 Å². The van der Waals surface area contributed by atoms with Gasteiger partial charge in [-0.2, -0.15) is 8.42 Å². The van der Waals surface area contributed by atoms with Crippen LogP contribution in [0.3, 0.4) is 0 Å². The number of benzene rings is 1. The average Bonchev–Trinajstić information content (AvgIpc) is 2.58. The molecule has 1 aromatic carbocycles. The van der Waals surface area contributed by atoms with E-state index in [9.17, 15) is 18.0 Å². The Labute approximate surface area is 165 Å². The van der Waals surface area contributed by atoms with Crippen molar-refractivity contribution < 1.29 is 27.3 Å². The number of nitrogens with one attached hydrogen (secondary N) is 2. The molecule has 0 aromatic heterocycles. The molecule has 0 heterocycles. The fraction of sp³-hybridized carbons (Fsp3) is 0.556. The van der Waals surface area contributed by atoms with Crippen LogP contribution in [0.1, 0.15) is 29.5 Å². The van der Waals surface area contributed by atoms with Crippen LogP contribution in [-0.4, -0.2) is 56.3 Å². The molecular weight excluding hydrogens is 386 g/mol. The van der Waals surface area contributed by atoms with Gasteiger partial charge in [0.2, 0.25) is 11.8 Å². The Bertz CT molecular complexity index is 772. The summed E-state index contributed by atoms with van der Waals surface area (Å²) in [7, 11) is -4.32. The quantitative estimate of drug-likeness (QED) is 0.298. The highest BCUT2D eigenvalue weighted by Crippen LogP contribution is 2.21. The molecule has 0 spiro atoms.